The molecule has 30 heavy (non-hydrogen) atoms. The van der Waals surface area contributed by atoms with Gasteiger partial charge in [-0.1, -0.05) is 12.5 Å². The molecule has 0 bridgehead atoms. The zero-order valence-corrected chi connectivity index (χ0v) is 16.6. The fraction of sp³-hybridized carbons (Fsp3) is 0.429. The highest BCUT2D eigenvalue weighted by atomic mass is 19.1. The van der Waals surface area contributed by atoms with Crippen LogP contribution in [0.2, 0.25) is 0 Å². The number of halogens is 1. The van der Waals surface area contributed by atoms with Crippen molar-refractivity contribution in [2.45, 2.75) is 25.9 Å². The van der Waals surface area contributed by atoms with Gasteiger partial charge < -0.3 is 15.0 Å². The van der Waals surface area contributed by atoms with Crippen LogP contribution in [-0.4, -0.2) is 44.3 Å². The van der Waals surface area contributed by atoms with Crippen LogP contribution in [0.25, 0.3) is 4.85 Å². The number of hydrogen-bond acceptors (Lipinski definition) is 5. The number of carbonyl (C=O) groups excluding carboxylic acids is 2. The number of piperidine rings is 1. The predicted molar refractivity (Wildman–Crippen MR) is 108 cm³/mol. The minimum Gasteiger partial charge on any atom is -0.442 e. The summed E-state index contributed by atoms with van der Waals surface area (Å²) in [6, 6.07) is 6.37. The van der Waals surface area contributed by atoms with Crippen molar-refractivity contribution in [3.8, 4) is 6.07 Å². The van der Waals surface area contributed by atoms with Gasteiger partial charge in [-0.3, -0.25) is 9.69 Å². The molecular weight excluding hydrogens is 389 g/mol. The maximum absolute atomic E-state index is 14.9. The van der Waals surface area contributed by atoms with E-state index in [9.17, 15) is 14.0 Å². The Morgan fingerprint density at radius 2 is 2.30 bits per heavy atom. The number of hydrogen-bond donors (Lipinski definition) is 1. The van der Waals surface area contributed by atoms with Gasteiger partial charge in [-0.05, 0) is 30.5 Å². The van der Waals surface area contributed by atoms with Crippen molar-refractivity contribution >= 4 is 23.4 Å². The fourth-order valence-corrected chi connectivity index (χ4v) is 3.66. The molecule has 2 fully saturated rings. The molecule has 156 valence electrons. The summed E-state index contributed by atoms with van der Waals surface area (Å²) in [7, 11) is 0. The van der Waals surface area contributed by atoms with E-state index in [1.165, 1.54) is 11.0 Å². The van der Waals surface area contributed by atoms with Crippen molar-refractivity contribution in [3.63, 3.8) is 0 Å². The van der Waals surface area contributed by atoms with Gasteiger partial charge >= 0.3 is 6.09 Å². The van der Waals surface area contributed by atoms with E-state index in [2.05, 4.69) is 10.2 Å². The van der Waals surface area contributed by atoms with Gasteiger partial charge in [-0.2, -0.15) is 5.26 Å². The van der Waals surface area contributed by atoms with Crippen LogP contribution in [0.1, 0.15) is 19.8 Å². The van der Waals surface area contributed by atoms with Crippen LogP contribution >= 0.6 is 0 Å². The van der Waals surface area contributed by atoms with E-state index >= 15 is 0 Å². The second-order valence-electron chi connectivity index (χ2n) is 7.32. The molecule has 0 aliphatic carbocycles. The van der Waals surface area contributed by atoms with Gasteiger partial charge in [-0.15, -0.1) is 0 Å². The van der Waals surface area contributed by atoms with Gasteiger partial charge in [0.05, 0.1) is 37.1 Å². The highest BCUT2D eigenvalue weighted by Crippen LogP contribution is 2.32. The minimum absolute atomic E-state index is 0.0927. The summed E-state index contributed by atoms with van der Waals surface area (Å²) < 4.78 is 20.1. The second-order valence-corrected chi connectivity index (χ2v) is 7.32. The van der Waals surface area contributed by atoms with Crippen molar-refractivity contribution in [1.29, 1.82) is 5.26 Å². The van der Waals surface area contributed by atoms with Crippen molar-refractivity contribution in [2.24, 2.45) is 5.92 Å². The number of carbonyl (C=O) groups is 2. The Morgan fingerprint density at radius 1 is 1.50 bits per heavy atom. The summed E-state index contributed by atoms with van der Waals surface area (Å²) in [5, 5.41) is 11.0. The molecule has 1 aromatic rings. The summed E-state index contributed by atoms with van der Waals surface area (Å²) in [6.07, 6.45) is 0.823. The van der Waals surface area contributed by atoms with Gasteiger partial charge in [-0.25, -0.2) is 14.0 Å². The number of amides is 2. The topological polar surface area (TPSA) is 90.0 Å². The van der Waals surface area contributed by atoms with Crippen molar-refractivity contribution < 1.29 is 18.7 Å². The number of ether oxygens (including phenoxy) is 1. The lowest BCUT2D eigenvalue weighted by Gasteiger charge is -2.35. The van der Waals surface area contributed by atoms with E-state index in [0.717, 1.165) is 5.57 Å². The third-order valence-electron chi connectivity index (χ3n) is 5.25. The first-order chi connectivity index (χ1) is 14.4. The summed E-state index contributed by atoms with van der Waals surface area (Å²) in [6.45, 7) is 10.5. The average molecular weight is 411 g/mol. The van der Waals surface area contributed by atoms with Crippen molar-refractivity contribution in [1.82, 2.24) is 5.32 Å². The molecule has 2 amide bonds. The van der Waals surface area contributed by atoms with Crippen LogP contribution in [0, 0.1) is 29.6 Å². The summed E-state index contributed by atoms with van der Waals surface area (Å²) in [4.78, 5) is 30.2. The molecule has 3 rings (SSSR count). The molecule has 2 saturated heterocycles. The van der Waals surface area contributed by atoms with Gasteiger partial charge in [0, 0.05) is 13.1 Å². The van der Waals surface area contributed by atoms with Crippen LogP contribution in [0.4, 0.5) is 20.6 Å². The first-order valence-corrected chi connectivity index (χ1v) is 9.64. The molecule has 1 aromatic carbocycles. The second kappa shape index (κ2) is 9.27. The quantitative estimate of drug-likeness (QED) is 0.753. The average Bonchev–Trinajstić information content (AvgIpc) is 3.09. The van der Waals surface area contributed by atoms with Crippen molar-refractivity contribution in [3.05, 3.63) is 47.2 Å². The molecule has 1 N–H and O–H groups in total. The molecule has 2 heterocycles. The normalized spacial score (nSPS) is 22.4. The molecule has 0 spiro atoms. The van der Waals surface area contributed by atoms with Crippen LogP contribution in [0.15, 0.2) is 30.0 Å². The Morgan fingerprint density at radius 3 is 2.97 bits per heavy atom. The summed E-state index contributed by atoms with van der Waals surface area (Å²) in [5.41, 5.74) is 1.91. The maximum atomic E-state index is 14.9. The highest BCUT2D eigenvalue weighted by molar-refractivity contribution is 5.90. The molecule has 2 aliphatic heterocycles. The Kier molecular flexibility index (Phi) is 6.53. The third-order valence-corrected chi connectivity index (χ3v) is 5.25. The molecule has 2 aliphatic rings. The molecule has 9 heteroatoms. The van der Waals surface area contributed by atoms with Crippen LogP contribution < -0.4 is 15.1 Å². The Hall–Kier alpha value is -3.59. The molecule has 8 nitrogen and oxygen atoms in total. The van der Waals surface area contributed by atoms with E-state index in [4.69, 9.17) is 16.6 Å². The Balaban J connectivity index is 1.65. The lowest BCUT2D eigenvalue weighted by Crippen LogP contribution is -2.36. The van der Waals surface area contributed by atoms with Crippen LogP contribution in [-0.2, 0) is 9.53 Å². The highest BCUT2D eigenvalue weighted by Gasteiger charge is 2.33. The molecule has 0 aromatic heterocycles. The Bertz CT molecular complexity index is 949. The zero-order chi connectivity index (χ0) is 21.7. The largest absolute Gasteiger partial charge is 0.442 e. The van der Waals surface area contributed by atoms with Gasteiger partial charge in [0.15, 0.2) is 6.20 Å². The van der Waals surface area contributed by atoms with Crippen LogP contribution in [0.3, 0.4) is 0 Å². The van der Waals surface area contributed by atoms with Gasteiger partial charge in [0.25, 0.3) is 0 Å². The van der Waals surface area contributed by atoms with E-state index in [1.54, 1.807) is 24.4 Å². The number of anilines is 2. The SMILES string of the molecule is [C-]#[N+]/C=C1\CCN(c2ccc(N3C[C@H](CNC(=O)CC#N)OC3=O)cc2F)CC1C. The number of rotatable bonds is 5. The van der Waals surface area contributed by atoms with Gasteiger partial charge in [0.2, 0.25) is 5.91 Å². The van der Waals surface area contributed by atoms with Crippen LogP contribution in [0.5, 0.6) is 0 Å². The molecular formula is C21H22FN5O3. The lowest BCUT2D eigenvalue weighted by molar-refractivity contribution is -0.120. The predicted octanol–water partition coefficient (Wildman–Crippen LogP) is 2.83. The van der Waals surface area contributed by atoms with Crippen molar-refractivity contribution in [2.75, 3.05) is 36.0 Å². The number of nitrogens with zero attached hydrogens (tertiary/aromatic N) is 4. The fourth-order valence-electron chi connectivity index (χ4n) is 3.66. The minimum atomic E-state index is -0.609. The first kappa shape index (κ1) is 21.1. The first-order valence-electron chi connectivity index (χ1n) is 9.64. The smallest absolute Gasteiger partial charge is 0.414 e. The van der Waals surface area contributed by atoms with E-state index in [1.807, 2.05) is 11.8 Å². The molecule has 2 atom stereocenters. The maximum Gasteiger partial charge on any atom is 0.414 e. The van der Waals surface area contributed by atoms with Gasteiger partial charge in [0.1, 0.15) is 18.3 Å². The monoisotopic (exact) mass is 411 g/mol. The third kappa shape index (κ3) is 4.69. The lowest BCUT2D eigenvalue weighted by atomic mass is 9.93. The summed E-state index contributed by atoms with van der Waals surface area (Å²) >= 11 is 0. The number of nitrogens with one attached hydrogen (secondary N) is 1. The number of nitriles is 1. The summed E-state index contributed by atoms with van der Waals surface area (Å²) in [5.74, 6) is -0.707. The molecule has 1 unspecified atom stereocenters. The number of cyclic esters (lactones) is 1. The van der Waals surface area contributed by atoms with E-state index in [0.29, 0.717) is 30.9 Å². The van der Waals surface area contributed by atoms with E-state index in [-0.39, 0.29) is 25.4 Å². The van der Waals surface area contributed by atoms with E-state index < -0.39 is 23.9 Å². The molecule has 0 radical (unpaired) electrons. The standard InChI is InChI=1S/C21H22FN5O3/c1-14-12-26(8-6-15(14)10-24-2)19-4-3-16(9-18(19)22)27-13-17(30-21(27)29)11-25-20(28)5-7-23/h3-4,9-10,14,17H,5-6,8,11-13H2,1H3,(H,25,28)/b15-10+/t14?,17-/m0/s1. The number of benzene rings is 1. The molecule has 0 saturated carbocycles. The zero-order valence-electron chi connectivity index (χ0n) is 16.6. The Labute approximate surface area is 174 Å².